The molecule has 0 aliphatic rings. The van der Waals surface area contributed by atoms with E-state index in [4.69, 9.17) is 5.41 Å². The molecule has 1 nitrogen and oxygen atoms in total. The Hall–Kier alpha value is -1.37. The zero-order chi connectivity index (χ0) is 12.3. The lowest BCUT2D eigenvalue weighted by Crippen LogP contribution is -1.88. The monoisotopic (exact) mass is 205 g/mol. The second-order valence-corrected chi connectivity index (χ2v) is 2.43. The molecule has 0 atom stereocenters. The van der Waals surface area contributed by atoms with Crippen molar-refractivity contribution in [3.8, 4) is 0 Å². The Morgan fingerprint density at radius 1 is 1.13 bits per heavy atom. The van der Waals surface area contributed by atoms with Crippen molar-refractivity contribution in [2.45, 2.75) is 34.6 Å². The van der Waals surface area contributed by atoms with Crippen molar-refractivity contribution in [1.82, 2.24) is 0 Å². The van der Waals surface area contributed by atoms with E-state index in [2.05, 4.69) is 6.58 Å². The van der Waals surface area contributed by atoms with E-state index in [-0.39, 0.29) is 0 Å². The first-order valence-electron chi connectivity index (χ1n) is 5.52. The van der Waals surface area contributed by atoms with Crippen molar-refractivity contribution >= 4 is 12.3 Å². The van der Waals surface area contributed by atoms with Crippen LogP contribution in [0.3, 0.4) is 0 Å². The summed E-state index contributed by atoms with van der Waals surface area (Å²) in [6.45, 7) is 13.7. The molecule has 0 fully saturated rings. The Bertz CT molecular complexity index is 287. The van der Waals surface area contributed by atoms with Crippen LogP contribution in [0.25, 0.3) is 6.08 Å². The zero-order valence-corrected chi connectivity index (χ0v) is 10.6. The molecule has 0 aromatic heterocycles. The number of aryl methyl sites for hydroxylation is 1. The van der Waals surface area contributed by atoms with Crippen LogP contribution in [-0.4, -0.2) is 6.21 Å². The van der Waals surface area contributed by atoms with Crippen LogP contribution in [0.2, 0.25) is 0 Å². The molecule has 1 N–H and O–H groups in total. The average molecular weight is 205 g/mol. The maximum Gasteiger partial charge on any atom is 0.0256 e. The summed E-state index contributed by atoms with van der Waals surface area (Å²) in [5.41, 5.74) is 3.16. The molecule has 0 aliphatic carbocycles. The highest BCUT2D eigenvalue weighted by molar-refractivity contribution is 5.84. The molecule has 0 unspecified atom stereocenters. The highest BCUT2D eigenvalue weighted by Gasteiger charge is 1.97. The molecule has 84 valence electrons. The molecule has 0 saturated heterocycles. The van der Waals surface area contributed by atoms with E-state index in [1.54, 1.807) is 6.08 Å². The number of rotatable bonds is 2. The van der Waals surface area contributed by atoms with Crippen molar-refractivity contribution in [2.75, 3.05) is 0 Å². The summed E-state index contributed by atoms with van der Waals surface area (Å²) >= 11 is 0. The van der Waals surface area contributed by atoms with Crippen LogP contribution >= 0.6 is 0 Å². The topological polar surface area (TPSA) is 23.9 Å². The van der Waals surface area contributed by atoms with Crippen molar-refractivity contribution in [1.29, 1.82) is 5.41 Å². The third-order valence-corrected chi connectivity index (χ3v) is 1.72. The van der Waals surface area contributed by atoms with Gasteiger partial charge in [0, 0.05) is 6.21 Å². The number of nitrogens with one attached hydrogen (secondary N) is 1. The fourth-order valence-corrected chi connectivity index (χ4v) is 1.11. The van der Waals surface area contributed by atoms with Gasteiger partial charge in [-0.2, -0.15) is 0 Å². The van der Waals surface area contributed by atoms with E-state index in [1.165, 1.54) is 11.8 Å². The number of hydrogen-bond donors (Lipinski definition) is 1. The first-order valence-corrected chi connectivity index (χ1v) is 5.52. The summed E-state index contributed by atoms with van der Waals surface area (Å²) in [4.78, 5) is 0. The molecule has 15 heavy (non-hydrogen) atoms. The van der Waals surface area contributed by atoms with Gasteiger partial charge >= 0.3 is 0 Å². The lowest BCUT2D eigenvalue weighted by atomic mass is 10.0. The first kappa shape index (κ1) is 16.1. The van der Waals surface area contributed by atoms with Gasteiger partial charge in [-0.15, -0.1) is 0 Å². The second-order valence-electron chi connectivity index (χ2n) is 2.43. The SMILES string of the molecule is C=Cc1c(C)cccc1C=N.CC.CC. The highest BCUT2D eigenvalue weighted by atomic mass is 14.3. The lowest BCUT2D eigenvalue weighted by Gasteiger charge is -2.02. The normalized spacial score (nSPS) is 7.53. The molecule has 1 aromatic carbocycles. The molecular weight excluding hydrogens is 182 g/mol. The summed E-state index contributed by atoms with van der Waals surface area (Å²) in [6, 6.07) is 5.88. The van der Waals surface area contributed by atoms with Gasteiger partial charge in [-0.1, -0.05) is 58.5 Å². The minimum Gasteiger partial charge on any atom is -0.308 e. The van der Waals surface area contributed by atoms with Gasteiger partial charge in [0.15, 0.2) is 0 Å². The van der Waals surface area contributed by atoms with Gasteiger partial charge in [0.1, 0.15) is 0 Å². The minimum absolute atomic E-state index is 0.931. The third kappa shape index (κ3) is 5.16. The van der Waals surface area contributed by atoms with Gasteiger partial charge in [-0.25, -0.2) is 0 Å². The Morgan fingerprint density at radius 3 is 2.00 bits per heavy atom. The minimum atomic E-state index is 0.931. The van der Waals surface area contributed by atoms with Crippen molar-refractivity contribution in [3.63, 3.8) is 0 Å². The molecule has 0 aliphatic heterocycles. The molecule has 1 heteroatoms. The second kappa shape index (κ2) is 10.7. The molecule has 0 amide bonds. The molecule has 0 heterocycles. The fraction of sp³-hybridized carbons (Fsp3) is 0.357. The standard InChI is InChI=1S/C10H11N.2C2H6/c1-3-10-8(2)5-4-6-9(10)7-11;2*1-2/h3-7,11H,1H2,2H3;2*1-2H3. The summed E-state index contributed by atoms with van der Waals surface area (Å²) < 4.78 is 0. The lowest BCUT2D eigenvalue weighted by molar-refractivity contribution is 1.42. The quantitative estimate of drug-likeness (QED) is 0.677. The number of hydrogen-bond acceptors (Lipinski definition) is 1. The van der Waals surface area contributed by atoms with E-state index in [0.717, 1.165) is 11.1 Å². The van der Waals surface area contributed by atoms with Crippen LogP contribution < -0.4 is 0 Å². The van der Waals surface area contributed by atoms with Gasteiger partial charge in [-0.05, 0) is 23.6 Å². The third-order valence-electron chi connectivity index (χ3n) is 1.72. The molecule has 0 bridgehead atoms. The maximum absolute atomic E-state index is 7.11. The van der Waals surface area contributed by atoms with E-state index >= 15 is 0 Å². The summed E-state index contributed by atoms with van der Waals surface area (Å²) in [5.74, 6) is 0. The Kier molecular flexibility index (Phi) is 11.5. The van der Waals surface area contributed by atoms with Gasteiger partial charge in [0.25, 0.3) is 0 Å². The van der Waals surface area contributed by atoms with Crippen molar-refractivity contribution in [2.24, 2.45) is 0 Å². The zero-order valence-electron chi connectivity index (χ0n) is 10.6. The molecular formula is C14H23N. The largest absolute Gasteiger partial charge is 0.308 e. The van der Waals surface area contributed by atoms with Crippen LogP contribution in [0.1, 0.15) is 44.4 Å². The van der Waals surface area contributed by atoms with Gasteiger partial charge in [0.2, 0.25) is 0 Å². The van der Waals surface area contributed by atoms with Crippen LogP contribution in [0.5, 0.6) is 0 Å². The summed E-state index contributed by atoms with van der Waals surface area (Å²) in [6.07, 6.45) is 3.14. The van der Waals surface area contributed by atoms with E-state index in [9.17, 15) is 0 Å². The van der Waals surface area contributed by atoms with E-state index < -0.39 is 0 Å². The average Bonchev–Trinajstić information content (AvgIpc) is 2.33. The van der Waals surface area contributed by atoms with E-state index in [0.29, 0.717) is 0 Å². The molecule has 1 aromatic rings. The Labute approximate surface area is 94.4 Å². The molecule has 0 saturated carbocycles. The van der Waals surface area contributed by atoms with E-state index in [1.807, 2.05) is 52.8 Å². The smallest absolute Gasteiger partial charge is 0.0256 e. The molecule has 0 spiro atoms. The Morgan fingerprint density at radius 2 is 1.67 bits per heavy atom. The predicted molar refractivity (Wildman–Crippen MR) is 71.9 cm³/mol. The summed E-state index contributed by atoms with van der Waals surface area (Å²) in [7, 11) is 0. The van der Waals surface area contributed by atoms with Gasteiger partial charge in [-0.3, -0.25) is 0 Å². The van der Waals surface area contributed by atoms with Crippen molar-refractivity contribution in [3.05, 3.63) is 41.5 Å². The van der Waals surface area contributed by atoms with Crippen LogP contribution in [0, 0.1) is 12.3 Å². The maximum atomic E-state index is 7.11. The Balaban J connectivity index is 0. The summed E-state index contributed by atoms with van der Waals surface area (Å²) in [5, 5.41) is 7.11. The van der Waals surface area contributed by atoms with Gasteiger partial charge in [0.05, 0.1) is 0 Å². The molecule has 1 rings (SSSR count). The van der Waals surface area contributed by atoms with Crippen LogP contribution in [-0.2, 0) is 0 Å². The molecule has 0 radical (unpaired) electrons. The first-order chi connectivity index (χ1) is 7.29. The van der Waals surface area contributed by atoms with Crippen LogP contribution in [0.4, 0.5) is 0 Å². The fourth-order valence-electron chi connectivity index (χ4n) is 1.11. The van der Waals surface area contributed by atoms with Crippen molar-refractivity contribution < 1.29 is 0 Å². The predicted octanol–water partition coefficient (Wildman–Crippen LogP) is 4.69. The van der Waals surface area contributed by atoms with Gasteiger partial charge < -0.3 is 5.41 Å². The number of benzene rings is 1. The van der Waals surface area contributed by atoms with Crippen LogP contribution in [0.15, 0.2) is 24.8 Å². The highest BCUT2D eigenvalue weighted by Crippen LogP contribution is 2.12.